The van der Waals surface area contributed by atoms with Gasteiger partial charge in [-0.1, -0.05) is 28.4 Å². The van der Waals surface area contributed by atoms with Crippen molar-refractivity contribution in [3.8, 4) is 5.82 Å². The molecule has 40 heavy (non-hydrogen) atoms. The van der Waals surface area contributed by atoms with Gasteiger partial charge in [0, 0.05) is 30.4 Å². The fourth-order valence-electron chi connectivity index (χ4n) is 4.11. The van der Waals surface area contributed by atoms with Crippen LogP contribution in [0.25, 0.3) is 16.9 Å². The molecule has 0 aliphatic rings. The number of carbonyl (C=O) groups excluding carboxylic acids is 2. The van der Waals surface area contributed by atoms with E-state index in [0.717, 1.165) is 0 Å². The van der Waals surface area contributed by atoms with Gasteiger partial charge in [-0.3, -0.25) is 19.7 Å². The maximum Gasteiger partial charge on any atom is 0.274 e. The molecule has 2 N–H and O–H groups in total. The molecule has 0 unspecified atom stereocenters. The second-order valence-corrected chi connectivity index (χ2v) is 9.44. The van der Waals surface area contributed by atoms with Crippen LogP contribution >= 0.6 is 23.2 Å². The summed E-state index contributed by atoms with van der Waals surface area (Å²) in [5.41, 5.74) is 2.27. The van der Waals surface area contributed by atoms with Gasteiger partial charge in [-0.2, -0.15) is 5.10 Å². The van der Waals surface area contributed by atoms with Crippen molar-refractivity contribution in [2.75, 3.05) is 12.4 Å². The molecule has 5 aromatic rings. The molecule has 3 aromatic heterocycles. The first kappa shape index (κ1) is 26.7. The van der Waals surface area contributed by atoms with Crippen LogP contribution < -0.4 is 10.6 Å². The minimum Gasteiger partial charge on any atom is -0.355 e. The molecule has 2 amide bonds. The Balaban J connectivity index is 1.56. The molecule has 0 atom stereocenters. The number of hydrogen-bond donors (Lipinski definition) is 2. The topological polar surface area (TPSA) is 163 Å². The number of nitrogens with zero attached hydrogens (tertiary/aromatic N) is 7. The Bertz CT molecular complexity index is 1820. The van der Waals surface area contributed by atoms with Gasteiger partial charge in [0.2, 0.25) is 0 Å². The van der Waals surface area contributed by atoms with E-state index in [0.29, 0.717) is 27.3 Å². The van der Waals surface area contributed by atoms with Crippen LogP contribution in [0.15, 0.2) is 54.7 Å². The molecule has 0 saturated heterocycles. The highest BCUT2D eigenvalue weighted by Crippen LogP contribution is 2.28. The zero-order valence-electron chi connectivity index (χ0n) is 20.9. The van der Waals surface area contributed by atoms with E-state index >= 15 is 0 Å². The quantitative estimate of drug-likeness (QED) is 0.214. The van der Waals surface area contributed by atoms with Crippen molar-refractivity contribution in [1.82, 2.24) is 35.1 Å². The number of pyridine rings is 1. The molecule has 0 bridgehead atoms. The predicted molar refractivity (Wildman–Crippen MR) is 147 cm³/mol. The molecule has 0 aliphatic heterocycles. The Kier molecular flexibility index (Phi) is 7.15. The number of aromatic nitrogens is 6. The zero-order chi connectivity index (χ0) is 28.6. The van der Waals surface area contributed by atoms with Gasteiger partial charge in [-0.15, -0.1) is 5.10 Å². The Morgan fingerprint density at radius 2 is 1.90 bits per heavy atom. The van der Waals surface area contributed by atoms with E-state index in [1.165, 1.54) is 52.9 Å². The third-order valence-corrected chi connectivity index (χ3v) is 6.48. The van der Waals surface area contributed by atoms with Gasteiger partial charge in [0.05, 0.1) is 39.0 Å². The lowest BCUT2D eigenvalue weighted by molar-refractivity contribution is -0.384. The van der Waals surface area contributed by atoms with Crippen molar-refractivity contribution in [1.29, 1.82) is 0 Å². The molecule has 0 saturated carbocycles. The van der Waals surface area contributed by atoms with Crippen LogP contribution in [0.5, 0.6) is 0 Å². The number of nitro groups is 1. The van der Waals surface area contributed by atoms with Crippen molar-refractivity contribution < 1.29 is 14.5 Å². The zero-order valence-corrected chi connectivity index (χ0v) is 22.4. The van der Waals surface area contributed by atoms with Crippen LogP contribution in [-0.2, 0) is 6.54 Å². The molecule has 0 spiro atoms. The molecular formula is C25H19Cl2N9O4. The number of amides is 2. The molecule has 202 valence electrons. The van der Waals surface area contributed by atoms with E-state index in [-0.39, 0.29) is 40.0 Å². The summed E-state index contributed by atoms with van der Waals surface area (Å²) in [5.74, 6) is -0.810. The fraction of sp³-hybridized carbons (Fsp3) is 0.120. The summed E-state index contributed by atoms with van der Waals surface area (Å²) in [6.07, 6.45) is 1.51. The van der Waals surface area contributed by atoms with E-state index in [2.05, 4.69) is 31.0 Å². The number of anilines is 1. The van der Waals surface area contributed by atoms with Crippen LogP contribution in [-0.4, -0.2) is 53.5 Å². The highest BCUT2D eigenvalue weighted by Gasteiger charge is 2.23. The summed E-state index contributed by atoms with van der Waals surface area (Å²) >= 11 is 12.5. The normalized spacial score (nSPS) is 11.0. The molecule has 5 rings (SSSR count). The van der Waals surface area contributed by atoms with Gasteiger partial charge < -0.3 is 10.6 Å². The van der Waals surface area contributed by atoms with Crippen LogP contribution in [0.4, 0.5) is 11.4 Å². The number of hydrogen-bond acceptors (Lipinski definition) is 8. The monoisotopic (exact) mass is 579 g/mol. The van der Waals surface area contributed by atoms with E-state index < -0.39 is 16.7 Å². The number of benzene rings is 2. The number of halogens is 2. The average molecular weight is 580 g/mol. The minimum atomic E-state index is -0.588. The van der Waals surface area contributed by atoms with E-state index in [1.807, 2.05) is 0 Å². The number of non-ortho nitro benzene ring substituents is 1. The van der Waals surface area contributed by atoms with E-state index in [1.54, 1.807) is 25.1 Å². The van der Waals surface area contributed by atoms with E-state index in [9.17, 15) is 19.7 Å². The number of nitrogens with one attached hydrogen (secondary N) is 2. The SMILES string of the molecule is CNC(=O)c1cc(Cl)cc(C)c1NC(=O)c1cc(Cn2nnc3cc([N+](=O)[O-])ccc32)nn1-c1ncccc1Cl. The van der Waals surface area contributed by atoms with E-state index in [4.69, 9.17) is 23.2 Å². The summed E-state index contributed by atoms with van der Waals surface area (Å²) in [7, 11) is 1.47. The van der Waals surface area contributed by atoms with Crippen LogP contribution in [0.1, 0.15) is 32.1 Å². The molecule has 15 heteroatoms. The minimum absolute atomic E-state index is 0.0767. The smallest absolute Gasteiger partial charge is 0.274 e. The lowest BCUT2D eigenvalue weighted by Crippen LogP contribution is -2.23. The second kappa shape index (κ2) is 10.7. The summed E-state index contributed by atoms with van der Waals surface area (Å²) in [5, 5.41) is 29.7. The van der Waals surface area contributed by atoms with Gasteiger partial charge in [0.15, 0.2) is 5.82 Å². The Morgan fingerprint density at radius 3 is 2.62 bits per heavy atom. The first-order chi connectivity index (χ1) is 19.2. The predicted octanol–water partition coefficient (Wildman–Crippen LogP) is 4.20. The highest BCUT2D eigenvalue weighted by molar-refractivity contribution is 6.32. The standard InChI is InChI=1S/C25H19Cl2N9O4/c1-13-8-14(26)9-17(24(37)28-2)22(13)30-25(38)21-10-15(32-35(21)23-18(27)4-3-7-29-23)12-34-20-6-5-16(36(39)40)11-19(20)31-33-34/h3-11H,12H2,1-2H3,(H,28,37)(H,30,38). The van der Waals surface area contributed by atoms with Crippen molar-refractivity contribution in [2.45, 2.75) is 13.5 Å². The third kappa shape index (κ3) is 5.07. The largest absolute Gasteiger partial charge is 0.355 e. The summed E-state index contributed by atoms with van der Waals surface area (Å²) < 4.78 is 2.79. The maximum atomic E-state index is 13.6. The van der Waals surface area contributed by atoms with Crippen molar-refractivity contribution in [3.63, 3.8) is 0 Å². The van der Waals surface area contributed by atoms with Gasteiger partial charge in [-0.25, -0.2) is 14.3 Å². The molecular weight excluding hydrogens is 561 g/mol. The highest BCUT2D eigenvalue weighted by atomic mass is 35.5. The summed E-state index contributed by atoms with van der Waals surface area (Å²) in [6.45, 7) is 1.79. The van der Waals surface area contributed by atoms with Crippen molar-refractivity contribution in [2.24, 2.45) is 0 Å². The van der Waals surface area contributed by atoms with Crippen LogP contribution in [0.3, 0.4) is 0 Å². The summed E-state index contributed by atoms with van der Waals surface area (Å²) in [4.78, 5) is 41.0. The van der Waals surface area contributed by atoms with Crippen molar-refractivity contribution in [3.05, 3.63) is 97.4 Å². The molecule has 0 aliphatic carbocycles. The second-order valence-electron chi connectivity index (χ2n) is 8.60. The number of nitro benzene ring substituents is 1. The molecule has 0 radical (unpaired) electrons. The third-order valence-electron chi connectivity index (χ3n) is 5.96. The van der Waals surface area contributed by atoms with Crippen molar-refractivity contribution >= 4 is 57.4 Å². The number of aryl methyl sites for hydroxylation is 1. The summed E-state index contributed by atoms with van der Waals surface area (Å²) in [6, 6.07) is 12.1. The Morgan fingerprint density at radius 1 is 1.10 bits per heavy atom. The first-order valence-electron chi connectivity index (χ1n) is 11.7. The molecule has 13 nitrogen and oxygen atoms in total. The maximum absolute atomic E-state index is 13.6. The number of carbonyl (C=O) groups is 2. The van der Waals surface area contributed by atoms with Gasteiger partial charge in [0.1, 0.15) is 11.2 Å². The average Bonchev–Trinajstić information content (AvgIpc) is 3.53. The van der Waals surface area contributed by atoms with Gasteiger partial charge in [-0.05, 0) is 48.9 Å². The van der Waals surface area contributed by atoms with Gasteiger partial charge in [0.25, 0.3) is 17.5 Å². The Labute approximate surface area is 235 Å². The first-order valence-corrected chi connectivity index (χ1v) is 12.4. The fourth-order valence-corrected chi connectivity index (χ4v) is 4.58. The van der Waals surface area contributed by atoms with Crippen LogP contribution in [0.2, 0.25) is 10.0 Å². The Hall–Kier alpha value is -4.88. The van der Waals surface area contributed by atoms with Crippen LogP contribution in [0, 0.1) is 17.0 Å². The molecule has 2 aromatic carbocycles. The lowest BCUT2D eigenvalue weighted by Gasteiger charge is -2.14. The van der Waals surface area contributed by atoms with Gasteiger partial charge >= 0.3 is 0 Å². The lowest BCUT2D eigenvalue weighted by atomic mass is 10.1. The molecule has 0 fully saturated rings. The number of rotatable bonds is 7. The molecule has 3 heterocycles. The number of fused-ring (bicyclic) bond motifs is 1.